The molecule has 1 aliphatic rings. The van der Waals surface area contributed by atoms with Crippen LogP contribution in [0.25, 0.3) is 0 Å². The van der Waals surface area contributed by atoms with E-state index in [1.165, 1.54) is 6.92 Å². The molecule has 1 heterocycles. The first-order valence-electron chi connectivity index (χ1n) is 7.81. The Labute approximate surface area is 144 Å². The molecule has 0 radical (unpaired) electrons. The summed E-state index contributed by atoms with van der Waals surface area (Å²) in [6, 6.07) is 7.88. The van der Waals surface area contributed by atoms with Crippen molar-refractivity contribution in [1.82, 2.24) is 15.5 Å². The molecule has 2 atom stereocenters. The summed E-state index contributed by atoms with van der Waals surface area (Å²) in [5, 5.41) is 6.18. The molecule has 1 unspecified atom stereocenters. The minimum absolute atomic E-state index is 0. The number of nitrogens with zero attached hydrogens (tertiary/aromatic N) is 1. The molecule has 1 saturated heterocycles. The van der Waals surface area contributed by atoms with Crippen molar-refractivity contribution in [3.63, 3.8) is 0 Å². The first-order valence-corrected chi connectivity index (χ1v) is 7.81. The zero-order chi connectivity index (χ0) is 16.1. The van der Waals surface area contributed by atoms with Crippen LogP contribution in [0.15, 0.2) is 24.3 Å². The molecule has 5 nitrogen and oxygen atoms in total. The zero-order valence-corrected chi connectivity index (χ0v) is 14.8. The summed E-state index contributed by atoms with van der Waals surface area (Å²) in [7, 11) is 0. The average molecular weight is 340 g/mol. The van der Waals surface area contributed by atoms with Gasteiger partial charge in [-0.2, -0.15) is 0 Å². The highest BCUT2D eigenvalue weighted by atomic mass is 35.5. The molecule has 1 fully saturated rings. The second kappa shape index (κ2) is 8.89. The molecule has 0 aromatic heterocycles. The Morgan fingerprint density at radius 3 is 2.57 bits per heavy atom. The molecule has 2 N–H and O–H groups in total. The lowest BCUT2D eigenvalue weighted by Gasteiger charge is -2.35. The van der Waals surface area contributed by atoms with Crippen molar-refractivity contribution in [2.24, 2.45) is 0 Å². The summed E-state index contributed by atoms with van der Waals surface area (Å²) in [5.74, 6) is -0.0277. The minimum Gasteiger partial charge on any atom is -0.349 e. The van der Waals surface area contributed by atoms with Gasteiger partial charge in [0.15, 0.2) is 0 Å². The predicted molar refractivity (Wildman–Crippen MR) is 93.6 cm³/mol. The molecule has 1 aromatic carbocycles. The number of hydrogen-bond donors (Lipinski definition) is 2. The second-order valence-electron chi connectivity index (χ2n) is 6.01. The molecule has 0 aliphatic carbocycles. The van der Waals surface area contributed by atoms with Crippen LogP contribution in [0.4, 0.5) is 0 Å². The summed E-state index contributed by atoms with van der Waals surface area (Å²) in [4.78, 5) is 26.0. The van der Waals surface area contributed by atoms with E-state index in [4.69, 9.17) is 0 Å². The first-order chi connectivity index (χ1) is 10.5. The number of hydrogen-bond acceptors (Lipinski definition) is 3. The predicted octanol–water partition coefficient (Wildman–Crippen LogP) is 1.80. The number of piperazine rings is 1. The molecule has 6 heteroatoms. The maximum absolute atomic E-state index is 12.6. The number of carbonyl (C=O) groups excluding carboxylic acids is 2. The Balaban J connectivity index is 0.00000264. The molecule has 2 rings (SSSR count). The fourth-order valence-corrected chi connectivity index (χ4v) is 2.80. The fourth-order valence-electron chi connectivity index (χ4n) is 2.80. The molecule has 23 heavy (non-hydrogen) atoms. The van der Waals surface area contributed by atoms with Gasteiger partial charge in [-0.3, -0.25) is 9.59 Å². The van der Waals surface area contributed by atoms with Crippen LogP contribution in [0, 0.1) is 6.92 Å². The Morgan fingerprint density at radius 1 is 1.35 bits per heavy atom. The number of rotatable bonds is 4. The Hall–Kier alpha value is -1.59. The van der Waals surface area contributed by atoms with Crippen molar-refractivity contribution in [2.45, 2.75) is 39.3 Å². The lowest BCUT2D eigenvalue weighted by Crippen LogP contribution is -2.52. The van der Waals surface area contributed by atoms with Gasteiger partial charge in [-0.05, 0) is 19.4 Å². The van der Waals surface area contributed by atoms with E-state index in [0.717, 1.165) is 30.8 Å². The fraction of sp³-hybridized carbons (Fsp3) is 0.529. The quantitative estimate of drug-likeness (QED) is 0.879. The van der Waals surface area contributed by atoms with E-state index in [1.807, 2.05) is 43.0 Å². The number of aryl methyl sites for hydroxylation is 1. The molecular formula is C17H26ClN3O2. The molecule has 1 aliphatic heterocycles. The van der Waals surface area contributed by atoms with Crippen molar-refractivity contribution in [3.05, 3.63) is 35.4 Å². The highest BCUT2D eigenvalue weighted by Gasteiger charge is 2.26. The summed E-state index contributed by atoms with van der Waals surface area (Å²) < 4.78 is 0. The first kappa shape index (κ1) is 19.5. The number of benzene rings is 1. The van der Waals surface area contributed by atoms with E-state index in [1.54, 1.807) is 0 Å². The highest BCUT2D eigenvalue weighted by Crippen LogP contribution is 2.20. The van der Waals surface area contributed by atoms with Crippen molar-refractivity contribution >= 4 is 24.2 Å². The molecule has 0 spiro atoms. The van der Waals surface area contributed by atoms with Crippen molar-refractivity contribution in [3.8, 4) is 0 Å². The van der Waals surface area contributed by atoms with Crippen LogP contribution in [0.1, 0.15) is 37.4 Å². The van der Waals surface area contributed by atoms with Crippen LogP contribution in [-0.4, -0.2) is 42.4 Å². The van der Waals surface area contributed by atoms with Crippen LogP contribution in [0.2, 0.25) is 0 Å². The summed E-state index contributed by atoms with van der Waals surface area (Å²) in [6.07, 6.45) is 0.299. The van der Waals surface area contributed by atoms with Crippen LogP contribution in [0.5, 0.6) is 0 Å². The van der Waals surface area contributed by atoms with E-state index in [-0.39, 0.29) is 36.3 Å². The molecule has 1 aromatic rings. The maximum Gasteiger partial charge on any atom is 0.225 e. The molecule has 2 amide bonds. The van der Waals surface area contributed by atoms with E-state index in [0.29, 0.717) is 6.42 Å². The Morgan fingerprint density at radius 2 is 2.00 bits per heavy atom. The van der Waals surface area contributed by atoms with E-state index in [9.17, 15) is 9.59 Å². The third kappa shape index (κ3) is 5.52. The van der Waals surface area contributed by atoms with E-state index < -0.39 is 0 Å². The number of carbonyl (C=O) groups is 2. The third-order valence-electron chi connectivity index (χ3n) is 4.06. The van der Waals surface area contributed by atoms with Gasteiger partial charge in [0, 0.05) is 32.6 Å². The van der Waals surface area contributed by atoms with Gasteiger partial charge in [0.1, 0.15) is 0 Å². The SMILES string of the molecule is CC(=O)NC(CC(=O)N1CCNC[C@@H]1C)c1ccc(C)cc1.Cl. The molecular weight excluding hydrogens is 314 g/mol. The maximum atomic E-state index is 12.6. The van der Waals surface area contributed by atoms with Gasteiger partial charge in [0.25, 0.3) is 0 Å². The van der Waals surface area contributed by atoms with Gasteiger partial charge in [0.2, 0.25) is 11.8 Å². The van der Waals surface area contributed by atoms with Gasteiger partial charge in [-0.1, -0.05) is 29.8 Å². The second-order valence-corrected chi connectivity index (χ2v) is 6.01. The Kier molecular flexibility index (Phi) is 7.52. The summed E-state index contributed by atoms with van der Waals surface area (Å²) in [6.45, 7) is 7.92. The van der Waals surface area contributed by atoms with Crippen molar-refractivity contribution < 1.29 is 9.59 Å². The Bertz CT molecular complexity index is 533. The van der Waals surface area contributed by atoms with E-state index in [2.05, 4.69) is 10.6 Å². The topological polar surface area (TPSA) is 61.4 Å². The monoisotopic (exact) mass is 339 g/mol. The van der Waals surface area contributed by atoms with Gasteiger partial charge in [-0.25, -0.2) is 0 Å². The lowest BCUT2D eigenvalue weighted by molar-refractivity contribution is -0.134. The van der Waals surface area contributed by atoms with Gasteiger partial charge in [-0.15, -0.1) is 12.4 Å². The summed E-state index contributed by atoms with van der Waals surface area (Å²) in [5.41, 5.74) is 2.13. The smallest absolute Gasteiger partial charge is 0.225 e. The number of nitrogens with one attached hydrogen (secondary N) is 2. The van der Waals surface area contributed by atoms with Crippen LogP contribution >= 0.6 is 12.4 Å². The molecule has 0 saturated carbocycles. The average Bonchev–Trinajstić information content (AvgIpc) is 2.47. The van der Waals surface area contributed by atoms with Crippen LogP contribution in [0.3, 0.4) is 0 Å². The molecule has 128 valence electrons. The van der Waals surface area contributed by atoms with Gasteiger partial charge >= 0.3 is 0 Å². The number of halogens is 1. The van der Waals surface area contributed by atoms with Gasteiger partial charge in [0.05, 0.1) is 12.5 Å². The standard InChI is InChI=1S/C17H25N3O2.ClH/c1-12-4-6-15(7-5-12)16(19-14(3)21)10-17(22)20-9-8-18-11-13(20)2;/h4-7,13,16,18H,8-11H2,1-3H3,(H,19,21);1H/t13-,16?;/m0./s1. The lowest BCUT2D eigenvalue weighted by atomic mass is 10.0. The summed E-state index contributed by atoms with van der Waals surface area (Å²) >= 11 is 0. The highest BCUT2D eigenvalue weighted by molar-refractivity contribution is 5.85. The van der Waals surface area contributed by atoms with Gasteiger partial charge < -0.3 is 15.5 Å². The minimum atomic E-state index is -0.271. The van der Waals surface area contributed by atoms with Crippen molar-refractivity contribution in [1.29, 1.82) is 0 Å². The zero-order valence-electron chi connectivity index (χ0n) is 14.0. The van der Waals surface area contributed by atoms with Crippen LogP contribution < -0.4 is 10.6 Å². The normalized spacial score (nSPS) is 18.7. The van der Waals surface area contributed by atoms with Crippen LogP contribution in [-0.2, 0) is 9.59 Å². The van der Waals surface area contributed by atoms with Crippen molar-refractivity contribution in [2.75, 3.05) is 19.6 Å². The van der Waals surface area contributed by atoms with E-state index >= 15 is 0 Å². The third-order valence-corrected chi connectivity index (χ3v) is 4.06. The largest absolute Gasteiger partial charge is 0.349 e. The number of amides is 2. The molecule has 0 bridgehead atoms.